The fourth-order valence-electron chi connectivity index (χ4n) is 4.85. The number of amides is 2. The Morgan fingerprint density at radius 3 is 2.41 bits per heavy atom. The standard InChI is InChI=1S/C24H14ClF4N3O6S/c25-18-10-15(4-6-19(18)26)31-21(33)12-39(37,38)23(31)17-9-16(32(35)36)5-7-20(17)30(22(23)34)11-13-2-1-3-14(8-13)24(27,28)29/h1-10H,11-12H2/t23-/m1/s1. The smallest absolute Gasteiger partial charge is 0.304 e. The summed E-state index contributed by atoms with van der Waals surface area (Å²) in [6, 6.07) is 9.67. The fourth-order valence-corrected chi connectivity index (χ4v) is 7.05. The molecule has 0 N–H and O–H groups in total. The molecule has 3 aromatic rings. The van der Waals surface area contributed by atoms with Crippen molar-refractivity contribution in [3.8, 4) is 0 Å². The van der Waals surface area contributed by atoms with Gasteiger partial charge in [-0.3, -0.25) is 24.6 Å². The highest BCUT2D eigenvalue weighted by Crippen LogP contribution is 2.54. The van der Waals surface area contributed by atoms with Crippen LogP contribution in [0.3, 0.4) is 0 Å². The van der Waals surface area contributed by atoms with Crippen LogP contribution < -0.4 is 9.80 Å². The van der Waals surface area contributed by atoms with Crippen LogP contribution in [0.2, 0.25) is 5.02 Å². The van der Waals surface area contributed by atoms with E-state index >= 15 is 0 Å². The first kappa shape index (κ1) is 26.6. The Morgan fingerprint density at radius 2 is 1.77 bits per heavy atom. The number of non-ortho nitro benzene ring substituents is 1. The second kappa shape index (κ2) is 8.74. The molecule has 2 aliphatic heterocycles. The number of halogens is 5. The van der Waals surface area contributed by atoms with Crippen LogP contribution in [-0.2, 0) is 37.0 Å². The number of nitro benzene ring substituents is 1. The minimum Gasteiger partial charge on any atom is -0.304 e. The monoisotopic (exact) mass is 583 g/mol. The summed E-state index contributed by atoms with van der Waals surface area (Å²) in [4.78, 5) is 36.5. The summed E-state index contributed by atoms with van der Waals surface area (Å²) in [5.41, 5.74) is -2.54. The molecule has 202 valence electrons. The second-order valence-electron chi connectivity index (χ2n) is 8.78. The third-order valence-electron chi connectivity index (χ3n) is 6.47. The van der Waals surface area contributed by atoms with E-state index in [1.807, 2.05) is 0 Å². The van der Waals surface area contributed by atoms with Gasteiger partial charge in [0.15, 0.2) is 9.84 Å². The van der Waals surface area contributed by atoms with E-state index in [0.29, 0.717) is 4.90 Å². The quantitative estimate of drug-likeness (QED) is 0.252. The number of sulfone groups is 1. The highest BCUT2D eigenvalue weighted by atomic mass is 35.5. The van der Waals surface area contributed by atoms with Crippen LogP contribution in [-0.4, -0.2) is 30.9 Å². The van der Waals surface area contributed by atoms with Gasteiger partial charge in [-0.1, -0.05) is 23.7 Å². The van der Waals surface area contributed by atoms with Crippen LogP contribution in [0.1, 0.15) is 16.7 Å². The Balaban J connectivity index is 1.76. The molecule has 5 rings (SSSR count). The average molecular weight is 584 g/mol. The Labute approximate surface area is 222 Å². The van der Waals surface area contributed by atoms with Crippen molar-refractivity contribution in [1.29, 1.82) is 0 Å². The maximum absolute atomic E-state index is 14.1. The number of anilines is 2. The fraction of sp³-hybridized carbons (Fsp3) is 0.167. The van der Waals surface area contributed by atoms with Gasteiger partial charge >= 0.3 is 6.18 Å². The molecule has 2 amide bonds. The van der Waals surface area contributed by atoms with Gasteiger partial charge in [-0.15, -0.1) is 0 Å². The van der Waals surface area contributed by atoms with E-state index < -0.39 is 77.6 Å². The van der Waals surface area contributed by atoms with E-state index in [0.717, 1.165) is 59.5 Å². The van der Waals surface area contributed by atoms with Gasteiger partial charge in [0.25, 0.3) is 16.5 Å². The maximum Gasteiger partial charge on any atom is 0.416 e. The highest BCUT2D eigenvalue weighted by Gasteiger charge is 2.70. The molecule has 1 saturated heterocycles. The van der Waals surface area contributed by atoms with Crippen molar-refractivity contribution in [3.63, 3.8) is 0 Å². The van der Waals surface area contributed by atoms with Crippen molar-refractivity contribution in [1.82, 2.24) is 0 Å². The lowest BCUT2D eigenvalue weighted by atomic mass is 10.0. The van der Waals surface area contributed by atoms with E-state index in [9.17, 15) is 45.7 Å². The molecule has 0 bridgehead atoms. The Kier molecular flexibility index (Phi) is 5.95. The van der Waals surface area contributed by atoms with E-state index in [2.05, 4.69) is 0 Å². The van der Waals surface area contributed by atoms with Crippen LogP contribution in [0.15, 0.2) is 60.7 Å². The summed E-state index contributed by atoms with van der Waals surface area (Å²) in [6.45, 7) is -0.558. The Bertz CT molecular complexity index is 1700. The molecule has 1 spiro atoms. The van der Waals surface area contributed by atoms with Crippen molar-refractivity contribution in [2.75, 3.05) is 15.6 Å². The van der Waals surface area contributed by atoms with E-state index in [-0.39, 0.29) is 16.9 Å². The number of benzene rings is 3. The minimum absolute atomic E-state index is 0.0300. The summed E-state index contributed by atoms with van der Waals surface area (Å²) < 4.78 is 81.1. The lowest BCUT2D eigenvalue weighted by Crippen LogP contribution is -2.54. The molecule has 15 heteroatoms. The zero-order valence-electron chi connectivity index (χ0n) is 19.3. The van der Waals surface area contributed by atoms with Crippen LogP contribution >= 0.6 is 11.6 Å². The topological polar surface area (TPSA) is 118 Å². The van der Waals surface area contributed by atoms with Crippen molar-refractivity contribution in [2.24, 2.45) is 0 Å². The maximum atomic E-state index is 14.1. The third-order valence-corrected chi connectivity index (χ3v) is 8.86. The van der Waals surface area contributed by atoms with Gasteiger partial charge in [0.1, 0.15) is 11.6 Å². The van der Waals surface area contributed by atoms with Crippen molar-refractivity contribution < 1.29 is 40.5 Å². The Hall–Kier alpha value is -4.04. The van der Waals surface area contributed by atoms with Gasteiger partial charge in [0, 0.05) is 23.4 Å². The number of nitrogens with zero attached hydrogens (tertiary/aromatic N) is 3. The molecule has 1 fully saturated rings. The van der Waals surface area contributed by atoms with Gasteiger partial charge in [0.05, 0.1) is 27.7 Å². The number of carbonyl (C=O) groups excluding carboxylic acids is 2. The number of hydrogen-bond donors (Lipinski definition) is 0. The molecule has 1 atom stereocenters. The predicted molar refractivity (Wildman–Crippen MR) is 130 cm³/mol. The second-order valence-corrected chi connectivity index (χ2v) is 11.3. The Morgan fingerprint density at radius 1 is 1.05 bits per heavy atom. The molecule has 39 heavy (non-hydrogen) atoms. The minimum atomic E-state index is -4.77. The summed E-state index contributed by atoms with van der Waals surface area (Å²) in [7, 11) is -4.77. The zero-order valence-corrected chi connectivity index (χ0v) is 20.8. The van der Waals surface area contributed by atoms with Crippen LogP contribution in [0.25, 0.3) is 0 Å². The molecular weight excluding hydrogens is 570 g/mol. The molecule has 0 unspecified atom stereocenters. The van der Waals surface area contributed by atoms with E-state index in [1.54, 1.807) is 0 Å². The normalized spacial score (nSPS) is 20.1. The van der Waals surface area contributed by atoms with E-state index in [1.165, 1.54) is 6.07 Å². The largest absolute Gasteiger partial charge is 0.416 e. The number of alkyl halides is 3. The number of nitro groups is 1. The molecule has 0 radical (unpaired) electrons. The van der Waals surface area contributed by atoms with Crippen LogP contribution in [0.4, 0.5) is 34.6 Å². The number of hydrogen-bond acceptors (Lipinski definition) is 6. The van der Waals surface area contributed by atoms with Gasteiger partial charge in [-0.2, -0.15) is 13.2 Å². The first-order valence-corrected chi connectivity index (χ1v) is 13.0. The van der Waals surface area contributed by atoms with Gasteiger partial charge in [-0.05, 0) is 42.0 Å². The van der Waals surface area contributed by atoms with Crippen molar-refractivity contribution in [3.05, 3.63) is 98.3 Å². The summed E-state index contributed by atoms with van der Waals surface area (Å²) in [5.74, 6) is -4.41. The SMILES string of the molecule is O=C1CS(=O)(=O)[C@]2(C(=O)N(Cc3cccc(C(F)(F)F)c3)c3ccc([N+](=O)[O-])cc32)N1c1ccc(F)c(Cl)c1. The third kappa shape index (κ3) is 3.93. The molecule has 9 nitrogen and oxygen atoms in total. The molecule has 0 aliphatic carbocycles. The number of carbonyl (C=O) groups is 2. The zero-order chi connectivity index (χ0) is 28.5. The van der Waals surface area contributed by atoms with Crippen LogP contribution in [0, 0.1) is 15.9 Å². The molecule has 0 saturated carbocycles. The first-order chi connectivity index (χ1) is 18.2. The lowest BCUT2D eigenvalue weighted by molar-refractivity contribution is -0.384. The van der Waals surface area contributed by atoms with E-state index in [4.69, 9.17) is 11.6 Å². The molecule has 2 heterocycles. The molecule has 0 aromatic heterocycles. The van der Waals surface area contributed by atoms with Gasteiger partial charge in [-0.25, -0.2) is 12.8 Å². The number of rotatable bonds is 4. The predicted octanol–water partition coefficient (Wildman–Crippen LogP) is 4.57. The highest BCUT2D eigenvalue weighted by molar-refractivity contribution is 7.94. The van der Waals surface area contributed by atoms with Gasteiger partial charge < -0.3 is 4.90 Å². The van der Waals surface area contributed by atoms with Crippen molar-refractivity contribution in [2.45, 2.75) is 17.6 Å². The molecule has 3 aromatic carbocycles. The van der Waals surface area contributed by atoms with Gasteiger partial charge in [0.2, 0.25) is 5.91 Å². The molecule has 2 aliphatic rings. The van der Waals surface area contributed by atoms with Crippen LogP contribution in [0.5, 0.6) is 0 Å². The summed E-state index contributed by atoms with van der Waals surface area (Å²) in [5, 5.41) is 11.1. The first-order valence-electron chi connectivity index (χ1n) is 11.0. The summed E-state index contributed by atoms with van der Waals surface area (Å²) >= 11 is 5.86. The number of fused-ring (bicyclic) bond motifs is 2. The molecular formula is C24H14ClF4N3O6S. The summed E-state index contributed by atoms with van der Waals surface area (Å²) in [6.07, 6.45) is -4.70. The van der Waals surface area contributed by atoms with Crippen molar-refractivity contribution >= 4 is 50.3 Å². The lowest BCUT2D eigenvalue weighted by Gasteiger charge is -2.32. The average Bonchev–Trinajstić information content (AvgIpc) is 3.22.